The monoisotopic (exact) mass is 624 g/mol. The molecule has 0 bridgehead atoms. The molecule has 1 rings (SSSR count). The molecule has 0 aliphatic heterocycles. The third kappa shape index (κ3) is 22.4. The van der Waals surface area contributed by atoms with Gasteiger partial charge in [-0.2, -0.15) is 0 Å². The number of nitrogens with zero attached hydrogens (tertiary/aromatic N) is 1. The average molecular weight is 624 g/mol. The molecule has 260 valence electrons. The number of aliphatic hydroxyl groups excluding tert-OH is 1. The molecule has 6 heteroatoms. The topological polar surface area (TPSA) is 76.1 Å². The molecular weight excluding hydrogens is 550 g/mol. The Labute approximate surface area is 272 Å². The number of ether oxygens (including phenoxy) is 2. The lowest BCUT2D eigenvalue weighted by atomic mass is 9.91. The Morgan fingerprint density at radius 3 is 1.68 bits per heavy atom. The van der Waals surface area contributed by atoms with Crippen LogP contribution in [0.5, 0.6) is 0 Å². The van der Waals surface area contributed by atoms with Crippen LogP contribution < -0.4 is 0 Å². The van der Waals surface area contributed by atoms with Gasteiger partial charge in [-0.05, 0) is 57.4 Å². The summed E-state index contributed by atoms with van der Waals surface area (Å²) in [5, 5.41) is 9.48. The molecule has 1 atom stereocenters. The fraction of sp³-hybridized carbons (Fsp3) is 0.947. The van der Waals surface area contributed by atoms with Crippen LogP contribution in [0.3, 0.4) is 0 Å². The van der Waals surface area contributed by atoms with E-state index in [-0.39, 0.29) is 24.5 Å². The minimum absolute atomic E-state index is 0.0413. The maximum atomic E-state index is 13.1. The molecule has 0 aromatic heterocycles. The third-order valence-corrected chi connectivity index (χ3v) is 9.62. The van der Waals surface area contributed by atoms with Crippen LogP contribution in [0.4, 0.5) is 0 Å². The normalized spacial score (nSPS) is 14.2. The molecular formula is C38H73NO5. The zero-order valence-corrected chi connectivity index (χ0v) is 29.5. The third-order valence-electron chi connectivity index (χ3n) is 9.62. The van der Waals surface area contributed by atoms with Crippen molar-refractivity contribution in [3.63, 3.8) is 0 Å². The maximum Gasteiger partial charge on any atom is 0.306 e. The second kappa shape index (κ2) is 29.3. The van der Waals surface area contributed by atoms with Gasteiger partial charge in [-0.25, -0.2) is 0 Å². The number of hydrogen-bond donors (Lipinski definition) is 1. The lowest BCUT2D eigenvalue weighted by Gasteiger charge is -2.37. The van der Waals surface area contributed by atoms with E-state index in [1.165, 1.54) is 96.3 Å². The van der Waals surface area contributed by atoms with Gasteiger partial charge in [-0.15, -0.1) is 0 Å². The van der Waals surface area contributed by atoms with Crippen molar-refractivity contribution in [2.45, 2.75) is 187 Å². The van der Waals surface area contributed by atoms with E-state index in [1.807, 2.05) is 0 Å². The van der Waals surface area contributed by atoms with Gasteiger partial charge in [0.05, 0.1) is 19.8 Å². The lowest BCUT2D eigenvalue weighted by Crippen LogP contribution is -2.42. The highest BCUT2D eigenvalue weighted by molar-refractivity contribution is 5.70. The fourth-order valence-electron chi connectivity index (χ4n) is 6.40. The van der Waals surface area contributed by atoms with E-state index in [0.29, 0.717) is 38.0 Å². The van der Waals surface area contributed by atoms with Gasteiger partial charge in [-0.3, -0.25) is 14.5 Å². The van der Waals surface area contributed by atoms with Crippen LogP contribution in [0.1, 0.15) is 181 Å². The summed E-state index contributed by atoms with van der Waals surface area (Å²) in [5.74, 6) is 0.246. The number of esters is 2. The molecule has 1 aliphatic rings. The summed E-state index contributed by atoms with van der Waals surface area (Å²) in [7, 11) is 0. The van der Waals surface area contributed by atoms with Gasteiger partial charge >= 0.3 is 11.9 Å². The average Bonchev–Trinajstić information content (AvgIpc) is 2.98. The Kier molecular flexibility index (Phi) is 27.2. The number of aliphatic hydroxyl groups is 1. The van der Waals surface area contributed by atoms with E-state index in [2.05, 4.69) is 25.7 Å². The molecule has 1 unspecified atom stereocenters. The van der Waals surface area contributed by atoms with Crippen molar-refractivity contribution in [3.05, 3.63) is 0 Å². The molecule has 0 amide bonds. The van der Waals surface area contributed by atoms with Crippen molar-refractivity contribution in [3.8, 4) is 0 Å². The Morgan fingerprint density at radius 1 is 0.636 bits per heavy atom. The van der Waals surface area contributed by atoms with Gasteiger partial charge in [0.25, 0.3) is 0 Å². The highest BCUT2D eigenvalue weighted by Crippen LogP contribution is 2.26. The molecule has 0 aromatic carbocycles. The molecule has 1 saturated carbocycles. The second-order valence-corrected chi connectivity index (χ2v) is 13.7. The predicted molar refractivity (Wildman–Crippen MR) is 184 cm³/mol. The van der Waals surface area contributed by atoms with E-state index >= 15 is 0 Å². The van der Waals surface area contributed by atoms with Crippen LogP contribution >= 0.6 is 0 Å². The SMILES string of the molecule is CCCCCCCCC(CCCCCCCC)CC(=O)OCC(CCCCN(CCO)C1CCC1)COC(=O)CCCCC. The largest absolute Gasteiger partial charge is 0.465 e. The molecule has 0 heterocycles. The van der Waals surface area contributed by atoms with E-state index in [4.69, 9.17) is 9.47 Å². The number of hydrogen-bond acceptors (Lipinski definition) is 6. The van der Waals surface area contributed by atoms with Gasteiger partial charge in [0.15, 0.2) is 0 Å². The molecule has 0 aromatic rings. The number of rotatable bonds is 32. The quantitative estimate of drug-likeness (QED) is 0.0594. The summed E-state index contributed by atoms with van der Waals surface area (Å²) in [6.45, 7) is 9.27. The van der Waals surface area contributed by atoms with E-state index < -0.39 is 0 Å². The summed E-state index contributed by atoms with van der Waals surface area (Å²) >= 11 is 0. The zero-order chi connectivity index (χ0) is 32.1. The number of carbonyl (C=O) groups is 2. The highest BCUT2D eigenvalue weighted by atomic mass is 16.5. The van der Waals surface area contributed by atoms with Crippen molar-refractivity contribution >= 4 is 11.9 Å². The number of carbonyl (C=O) groups excluding carboxylic acids is 2. The van der Waals surface area contributed by atoms with Crippen LogP contribution in [0, 0.1) is 11.8 Å². The molecule has 44 heavy (non-hydrogen) atoms. The van der Waals surface area contributed by atoms with E-state index in [1.54, 1.807) is 0 Å². The van der Waals surface area contributed by atoms with Gasteiger partial charge in [0, 0.05) is 31.3 Å². The molecule has 1 aliphatic carbocycles. The molecule has 0 radical (unpaired) electrons. The first-order chi connectivity index (χ1) is 21.5. The number of unbranched alkanes of at least 4 members (excludes halogenated alkanes) is 13. The fourth-order valence-corrected chi connectivity index (χ4v) is 6.40. The smallest absolute Gasteiger partial charge is 0.306 e. The minimum atomic E-state index is -0.133. The van der Waals surface area contributed by atoms with Crippen molar-refractivity contribution in [2.75, 3.05) is 32.9 Å². The van der Waals surface area contributed by atoms with Crippen LogP contribution in [0.15, 0.2) is 0 Å². The van der Waals surface area contributed by atoms with Crippen LogP contribution in [0.2, 0.25) is 0 Å². The predicted octanol–water partition coefficient (Wildman–Crippen LogP) is 9.79. The summed E-state index contributed by atoms with van der Waals surface area (Å²) in [5.41, 5.74) is 0. The molecule has 1 N–H and O–H groups in total. The Balaban J connectivity index is 2.57. The lowest BCUT2D eigenvalue weighted by molar-refractivity contribution is -0.150. The Hall–Kier alpha value is -1.14. The minimum Gasteiger partial charge on any atom is -0.465 e. The first kappa shape index (κ1) is 40.9. The summed E-state index contributed by atoms with van der Waals surface area (Å²) in [6.07, 6.45) is 28.3. The highest BCUT2D eigenvalue weighted by Gasteiger charge is 2.24. The van der Waals surface area contributed by atoms with Crippen molar-refractivity contribution in [1.82, 2.24) is 4.90 Å². The van der Waals surface area contributed by atoms with E-state index in [9.17, 15) is 14.7 Å². The Bertz CT molecular complexity index is 652. The van der Waals surface area contributed by atoms with Crippen LogP contribution in [0.25, 0.3) is 0 Å². The summed E-state index contributed by atoms with van der Waals surface area (Å²) in [4.78, 5) is 27.8. The van der Waals surface area contributed by atoms with Crippen molar-refractivity contribution < 1.29 is 24.2 Å². The second-order valence-electron chi connectivity index (χ2n) is 13.7. The van der Waals surface area contributed by atoms with Crippen LogP contribution in [-0.4, -0.2) is 60.9 Å². The molecule has 0 spiro atoms. The van der Waals surface area contributed by atoms with Gasteiger partial charge < -0.3 is 14.6 Å². The Morgan fingerprint density at radius 2 is 1.14 bits per heavy atom. The summed E-state index contributed by atoms with van der Waals surface area (Å²) in [6, 6.07) is 0.628. The standard InChI is InChI=1S/C38H73NO5/c1-4-7-10-12-14-17-22-34(23-18-15-13-11-8-5-2)31-38(42)44-33-35(32-43-37(41)27-16-9-6-3)24-19-20-28-39(29-30-40)36-25-21-26-36/h34-36,40H,4-33H2,1-3H3. The van der Waals surface area contributed by atoms with E-state index in [0.717, 1.165) is 64.5 Å². The summed E-state index contributed by atoms with van der Waals surface area (Å²) < 4.78 is 11.6. The first-order valence-electron chi connectivity index (χ1n) is 19.2. The molecule has 6 nitrogen and oxygen atoms in total. The van der Waals surface area contributed by atoms with Gasteiger partial charge in [-0.1, -0.05) is 124 Å². The molecule has 0 saturated heterocycles. The van der Waals surface area contributed by atoms with Crippen LogP contribution in [-0.2, 0) is 19.1 Å². The van der Waals surface area contributed by atoms with Gasteiger partial charge in [0.2, 0.25) is 0 Å². The molecule has 1 fully saturated rings. The first-order valence-corrected chi connectivity index (χ1v) is 19.2. The van der Waals surface area contributed by atoms with Gasteiger partial charge in [0.1, 0.15) is 0 Å². The van der Waals surface area contributed by atoms with Crippen molar-refractivity contribution in [1.29, 1.82) is 0 Å². The van der Waals surface area contributed by atoms with Crippen molar-refractivity contribution in [2.24, 2.45) is 11.8 Å². The maximum absolute atomic E-state index is 13.1. The zero-order valence-electron chi connectivity index (χ0n) is 29.5.